The van der Waals surface area contributed by atoms with Gasteiger partial charge in [0.25, 0.3) is 0 Å². The number of hydrogen-bond acceptors (Lipinski definition) is 1. The summed E-state index contributed by atoms with van der Waals surface area (Å²) in [4.78, 5) is 0. The third-order valence-corrected chi connectivity index (χ3v) is 4.51. The molecule has 0 aliphatic heterocycles. The first-order valence-electron chi connectivity index (χ1n) is 6.55. The Morgan fingerprint density at radius 2 is 2.05 bits per heavy atom. The van der Waals surface area contributed by atoms with Crippen LogP contribution in [0.2, 0.25) is 0 Å². The fourth-order valence-corrected chi connectivity index (χ4v) is 3.09. The Labute approximate surface area is 119 Å². The maximum Gasteiger partial charge on any atom is 0.416 e. The molecule has 1 saturated carbocycles. The van der Waals surface area contributed by atoms with E-state index in [1.165, 1.54) is 12.1 Å². The minimum absolute atomic E-state index is 0.282. The van der Waals surface area contributed by atoms with E-state index in [0.717, 1.165) is 31.7 Å². The van der Waals surface area contributed by atoms with Crippen molar-refractivity contribution in [1.82, 2.24) is 0 Å². The maximum absolute atomic E-state index is 12.7. The van der Waals surface area contributed by atoms with Gasteiger partial charge in [-0.3, -0.25) is 0 Å². The molecule has 1 N–H and O–H groups in total. The van der Waals surface area contributed by atoms with Crippen LogP contribution in [0.5, 0.6) is 0 Å². The van der Waals surface area contributed by atoms with Crippen molar-refractivity contribution in [2.24, 2.45) is 5.92 Å². The van der Waals surface area contributed by atoms with Crippen LogP contribution in [0, 0.1) is 5.92 Å². The number of nitrogens with one attached hydrogen (secondary N) is 1. The summed E-state index contributed by atoms with van der Waals surface area (Å²) < 4.78 is 38.8. The predicted molar refractivity (Wildman–Crippen MR) is 74.2 cm³/mol. The number of alkyl halides is 3. The summed E-state index contributed by atoms with van der Waals surface area (Å²) in [5.41, 5.74) is -0.0654. The Morgan fingerprint density at radius 1 is 1.32 bits per heavy atom. The van der Waals surface area contributed by atoms with E-state index in [9.17, 15) is 13.2 Å². The maximum atomic E-state index is 12.7. The zero-order valence-electron chi connectivity index (χ0n) is 10.7. The van der Waals surface area contributed by atoms with E-state index >= 15 is 0 Å². The zero-order valence-corrected chi connectivity index (χ0v) is 12.3. The fourth-order valence-electron chi connectivity index (χ4n) is 2.73. The minimum Gasteiger partial charge on any atom is -0.381 e. The lowest BCUT2D eigenvalue weighted by atomic mass is 10.0. The second-order valence-electron chi connectivity index (χ2n) is 5.04. The molecule has 1 aromatic rings. The molecule has 2 rings (SSSR count). The fraction of sp³-hybridized carbons (Fsp3) is 0.571. The molecule has 0 spiro atoms. The summed E-state index contributed by atoms with van der Waals surface area (Å²) in [5.74, 6) is 0.557. The Bertz CT molecular complexity index is 445. The van der Waals surface area contributed by atoms with Gasteiger partial charge in [0.1, 0.15) is 0 Å². The summed E-state index contributed by atoms with van der Waals surface area (Å²) in [7, 11) is 0. The van der Waals surface area contributed by atoms with Gasteiger partial charge in [-0.1, -0.05) is 19.8 Å². The minimum atomic E-state index is -4.29. The van der Waals surface area contributed by atoms with Crippen LogP contribution >= 0.6 is 15.9 Å². The van der Waals surface area contributed by atoms with Crippen molar-refractivity contribution in [1.29, 1.82) is 0 Å². The first kappa shape index (κ1) is 14.7. The molecule has 0 aromatic heterocycles. The van der Waals surface area contributed by atoms with Crippen LogP contribution in [0.4, 0.5) is 18.9 Å². The molecular weight excluding hydrogens is 319 g/mol. The molecular formula is C14H17BrF3N. The van der Waals surface area contributed by atoms with E-state index in [4.69, 9.17) is 0 Å². The van der Waals surface area contributed by atoms with Crippen LogP contribution in [0.1, 0.15) is 38.2 Å². The smallest absolute Gasteiger partial charge is 0.381 e. The molecule has 1 fully saturated rings. The van der Waals surface area contributed by atoms with E-state index in [-0.39, 0.29) is 6.04 Å². The Hall–Kier alpha value is -0.710. The van der Waals surface area contributed by atoms with Crippen LogP contribution in [-0.2, 0) is 6.18 Å². The highest BCUT2D eigenvalue weighted by molar-refractivity contribution is 9.10. The average molecular weight is 336 g/mol. The first-order chi connectivity index (χ1) is 8.91. The highest BCUT2D eigenvalue weighted by Gasteiger charge is 2.32. The van der Waals surface area contributed by atoms with Gasteiger partial charge in [-0.05, 0) is 52.9 Å². The molecule has 1 nitrogen and oxygen atoms in total. The molecule has 1 aromatic carbocycles. The van der Waals surface area contributed by atoms with Crippen molar-refractivity contribution in [2.75, 3.05) is 5.32 Å². The van der Waals surface area contributed by atoms with Crippen molar-refractivity contribution in [3.05, 3.63) is 28.2 Å². The molecule has 0 amide bonds. The van der Waals surface area contributed by atoms with Gasteiger partial charge >= 0.3 is 6.18 Å². The van der Waals surface area contributed by atoms with Gasteiger partial charge < -0.3 is 5.32 Å². The van der Waals surface area contributed by atoms with E-state index in [1.807, 2.05) is 0 Å². The van der Waals surface area contributed by atoms with Crippen LogP contribution < -0.4 is 5.32 Å². The van der Waals surface area contributed by atoms with E-state index in [0.29, 0.717) is 16.1 Å². The first-order valence-corrected chi connectivity index (χ1v) is 7.34. The molecule has 2 atom stereocenters. The summed E-state index contributed by atoms with van der Waals surface area (Å²) in [5, 5.41) is 3.28. The SMILES string of the molecule is CCC1CCCC1Nc1cc(C(F)(F)F)ccc1Br. The third kappa shape index (κ3) is 3.44. The van der Waals surface area contributed by atoms with Crippen molar-refractivity contribution < 1.29 is 13.2 Å². The summed E-state index contributed by atoms with van der Waals surface area (Å²) in [6.07, 6.45) is 0.101. The van der Waals surface area contributed by atoms with Crippen molar-refractivity contribution in [3.63, 3.8) is 0 Å². The quantitative estimate of drug-likeness (QED) is 0.773. The van der Waals surface area contributed by atoms with Crippen molar-refractivity contribution in [3.8, 4) is 0 Å². The van der Waals surface area contributed by atoms with Gasteiger partial charge in [0, 0.05) is 16.2 Å². The van der Waals surface area contributed by atoms with E-state index in [2.05, 4.69) is 28.2 Å². The summed E-state index contributed by atoms with van der Waals surface area (Å²) in [6.45, 7) is 2.13. The van der Waals surface area contributed by atoms with Crippen LogP contribution in [-0.4, -0.2) is 6.04 Å². The standard InChI is InChI=1S/C14H17BrF3N/c1-2-9-4-3-5-12(9)19-13-8-10(14(16,17)18)6-7-11(13)15/h6-9,12,19H,2-5H2,1H3. The van der Waals surface area contributed by atoms with Crippen LogP contribution in [0.3, 0.4) is 0 Å². The normalized spacial score (nSPS) is 23.6. The monoisotopic (exact) mass is 335 g/mol. The Kier molecular flexibility index (Phi) is 4.43. The Balaban J connectivity index is 2.20. The molecule has 0 saturated heterocycles. The zero-order chi connectivity index (χ0) is 14.0. The molecule has 1 aliphatic rings. The second-order valence-corrected chi connectivity index (χ2v) is 5.90. The van der Waals surface area contributed by atoms with Gasteiger partial charge in [0.05, 0.1) is 5.56 Å². The highest BCUT2D eigenvalue weighted by atomic mass is 79.9. The van der Waals surface area contributed by atoms with Crippen LogP contribution in [0.15, 0.2) is 22.7 Å². The lowest BCUT2D eigenvalue weighted by Gasteiger charge is -2.22. The van der Waals surface area contributed by atoms with Gasteiger partial charge in [-0.15, -0.1) is 0 Å². The van der Waals surface area contributed by atoms with Gasteiger partial charge in [0.15, 0.2) is 0 Å². The highest BCUT2D eigenvalue weighted by Crippen LogP contribution is 2.36. The summed E-state index contributed by atoms with van der Waals surface area (Å²) in [6, 6.07) is 4.03. The number of halogens is 4. The largest absolute Gasteiger partial charge is 0.416 e. The molecule has 2 unspecified atom stereocenters. The number of anilines is 1. The number of benzene rings is 1. The van der Waals surface area contributed by atoms with E-state index < -0.39 is 11.7 Å². The number of hydrogen-bond donors (Lipinski definition) is 1. The van der Waals surface area contributed by atoms with Gasteiger partial charge in [-0.25, -0.2) is 0 Å². The lowest BCUT2D eigenvalue weighted by Crippen LogP contribution is -2.23. The van der Waals surface area contributed by atoms with Crippen molar-refractivity contribution >= 4 is 21.6 Å². The average Bonchev–Trinajstić information content (AvgIpc) is 2.77. The third-order valence-electron chi connectivity index (χ3n) is 3.82. The molecule has 19 heavy (non-hydrogen) atoms. The second kappa shape index (κ2) is 5.73. The number of rotatable bonds is 3. The van der Waals surface area contributed by atoms with Gasteiger partial charge in [-0.2, -0.15) is 13.2 Å². The molecule has 1 aliphatic carbocycles. The predicted octanol–water partition coefficient (Wildman–Crippen LogP) is 5.46. The van der Waals surface area contributed by atoms with E-state index in [1.54, 1.807) is 0 Å². The molecule has 5 heteroatoms. The summed E-state index contributed by atoms with van der Waals surface area (Å²) >= 11 is 3.32. The molecule has 0 radical (unpaired) electrons. The van der Waals surface area contributed by atoms with Gasteiger partial charge in [0.2, 0.25) is 0 Å². The topological polar surface area (TPSA) is 12.0 Å². The molecule has 0 bridgehead atoms. The Morgan fingerprint density at radius 3 is 2.68 bits per heavy atom. The van der Waals surface area contributed by atoms with Crippen LogP contribution in [0.25, 0.3) is 0 Å². The van der Waals surface area contributed by atoms with Crippen molar-refractivity contribution in [2.45, 2.75) is 44.8 Å². The molecule has 106 valence electrons. The molecule has 0 heterocycles. The lowest BCUT2D eigenvalue weighted by molar-refractivity contribution is -0.137.